The SMILES string of the molecule is NCCCCN1CCc2ccc(NS(=O)(=O)c3ccccc3)cc2C1. The number of hydrogen-bond donors (Lipinski definition) is 2. The molecule has 0 aliphatic carbocycles. The highest BCUT2D eigenvalue weighted by Crippen LogP contribution is 2.24. The molecule has 0 spiro atoms. The molecule has 0 amide bonds. The molecule has 3 rings (SSSR count). The fourth-order valence-electron chi connectivity index (χ4n) is 3.16. The lowest BCUT2D eigenvalue weighted by Gasteiger charge is -2.29. The van der Waals surface area contributed by atoms with Crippen LogP contribution in [0.25, 0.3) is 0 Å². The quantitative estimate of drug-likeness (QED) is 0.745. The second-order valence-electron chi connectivity index (χ2n) is 6.42. The summed E-state index contributed by atoms with van der Waals surface area (Å²) in [5.41, 5.74) is 8.69. The standard InChI is InChI=1S/C19H25N3O2S/c20-11-4-5-12-22-13-10-16-8-9-18(14-17(16)15-22)21-25(23,24)19-6-2-1-3-7-19/h1-3,6-9,14,21H,4-5,10-13,15,20H2. The lowest BCUT2D eigenvalue weighted by atomic mass is 9.99. The Hall–Kier alpha value is -1.89. The van der Waals surface area contributed by atoms with Crippen LogP contribution in [0.5, 0.6) is 0 Å². The van der Waals surface area contributed by atoms with Crippen LogP contribution in [0.15, 0.2) is 53.4 Å². The maximum Gasteiger partial charge on any atom is 0.261 e. The maximum absolute atomic E-state index is 12.5. The molecule has 1 aliphatic rings. The lowest BCUT2D eigenvalue weighted by molar-refractivity contribution is 0.249. The summed E-state index contributed by atoms with van der Waals surface area (Å²) in [6.45, 7) is 3.68. The van der Waals surface area contributed by atoms with Crippen molar-refractivity contribution in [2.75, 3.05) is 24.4 Å². The van der Waals surface area contributed by atoms with Crippen molar-refractivity contribution in [1.82, 2.24) is 4.90 Å². The van der Waals surface area contributed by atoms with Gasteiger partial charge in [-0.1, -0.05) is 24.3 Å². The van der Waals surface area contributed by atoms with Gasteiger partial charge in [0.1, 0.15) is 0 Å². The van der Waals surface area contributed by atoms with E-state index in [4.69, 9.17) is 5.73 Å². The van der Waals surface area contributed by atoms with Crippen LogP contribution in [0, 0.1) is 0 Å². The molecular formula is C19H25N3O2S. The molecule has 1 heterocycles. The Bertz CT molecular complexity index is 807. The van der Waals surface area contributed by atoms with Crippen LogP contribution >= 0.6 is 0 Å². The monoisotopic (exact) mass is 359 g/mol. The molecule has 134 valence electrons. The van der Waals surface area contributed by atoms with Crippen molar-refractivity contribution in [2.24, 2.45) is 5.73 Å². The van der Waals surface area contributed by atoms with Gasteiger partial charge < -0.3 is 5.73 Å². The smallest absolute Gasteiger partial charge is 0.261 e. The second-order valence-corrected chi connectivity index (χ2v) is 8.11. The van der Waals surface area contributed by atoms with E-state index in [-0.39, 0.29) is 4.90 Å². The number of anilines is 1. The number of hydrogen-bond acceptors (Lipinski definition) is 4. The van der Waals surface area contributed by atoms with Gasteiger partial charge in [-0.15, -0.1) is 0 Å². The van der Waals surface area contributed by atoms with Crippen LogP contribution in [0.1, 0.15) is 24.0 Å². The van der Waals surface area contributed by atoms with Crippen molar-refractivity contribution in [3.8, 4) is 0 Å². The van der Waals surface area contributed by atoms with Crippen molar-refractivity contribution in [3.63, 3.8) is 0 Å². The van der Waals surface area contributed by atoms with Gasteiger partial charge in [-0.3, -0.25) is 9.62 Å². The highest BCUT2D eigenvalue weighted by Gasteiger charge is 2.18. The Balaban J connectivity index is 1.72. The van der Waals surface area contributed by atoms with Crippen molar-refractivity contribution in [1.29, 1.82) is 0 Å². The van der Waals surface area contributed by atoms with Gasteiger partial charge in [-0.2, -0.15) is 0 Å². The van der Waals surface area contributed by atoms with Crippen molar-refractivity contribution < 1.29 is 8.42 Å². The Kier molecular flexibility index (Phi) is 5.73. The van der Waals surface area contributed by atoms with Gasteiger partial charge in [0.15, 0.2) is 0 Å². The van der Waals surface area contributed by atoms with Gasteiger partial charge in [0.2, 0.25) is 0 Å². The minimum atomic E-state index is -3.55. The van der Waals surface area contributed by atoms with E-state index >= 15 is 0 Å². The first-order valence-electron chi connectivity index (χ1n) is 8.70. The average molecular weight is 359 g/mol. The second kappa shape index (κ2) is 7.99. The van der Waals surface area contributed by atoms with Crippen LogP contribution in [-0.2, 0) is 23.0 Å². The normalized spacial score (nSPS) is 14.9. The third-order valence-electron chi connectivity index (χ3n) is 4.53. The van der Waals surface area contributed by atoms with E-state index in [9.17, 15) is 8.42 Å². The first-order chi connectivity index (χ1) is 12.1. The molecule has 2 aromatic rings. The first kappa shape index (κ1) is 17.9. The summed E-state index contributed by atoms with van der Waals surface area (Å²) in [6, 6.07) is 14.3. The minimum Gasteiger partial charge on any atom is -0.330 e. The summed E-state index contributed by atoms with van der Waals surface area (Å²) >= 11 is 0. The summed E-state index contributed by atoms with van der Waals surface area (Å²) in [7, 11) is -3.55. The molecule has 1 aliphatic heterocycles. The molecule has 0 bridgehead atoms. The number of sulfonamides is 1. The summed E-state index contributed by atoms with van der Waals surface area (Å²) in [6.07, 6.45) is 3.15. The topological polar surface area (TPSA) is 75.4 Å². The molecule has 6 heteroatoms. The van der Waals surface area contributed by atoms with E-state index in [1.807, 2.05) is 18.2 Å². The summed E-state index contributed by atoms with van der Waals surface area (Å²) in [5, 5.41) is 0. The molecule has 3 N–H and O–H groups in total. The summed E-state index contributed by atoms with van der Waals surface area (Å²) in [4.78, 5) is 2.68. The fraction of sp³-hybridized carbons (Fsp3) is 0.368. The molecular weight excluding hydrogens is 334 g/mol. The van der Waals surface area contributed by atoms with Gasteiger partial charge in [0, 0.05) is 18.8 Å². The Morgan fingerprint density at radius 3 is 2.60 bits per heavy atom. The van der Waals surface area contributed by atoms with Crippen LogP contribution in [0.2, 0.25) is 0 Å². The van der Waals surface area contributed by atoms with E-state index in [1.165, 1.54) is 11.1 Å². The third kappa shape index (κ3) is 4.60. The van der Waals surface area contributed by atoms with Gasteiger partial charge in [-0.25, -0.2) is 8.42 Å². The summed E-state index contributed by atoms with van der Waals surface area (Å²) in [5.74, 6) is 0. The Morgan fingerprint density at radius 1 is 1.04 bits per heavy atom. The number of fused-ring (bicyclic) bond motifs is 1. The van der Waals surface area contributed by atoms with E-state index in [0.717, 1.165) is 45.4 Å². The van der Waals surface area contributed by atoms with Crippen LogP contribution in [-0.4, -0.2) is 33.0 Å². The third-order valence-corrected chi connectivity index (χ3v) is 5.93. The molecule has 0 radical (unpaired) electrons. The van der Waals surface area contributed by atoms with Gasteiger partial charge in [0.05, 0.1) is 4.90 Å². The van der Waals surface area contributed by atoms with Gasteiger partial charge in [-0.05, 0) is 67.7 Å². The molecule has 0 unspecified atom stereocenters. The number of rotatable bonds is 7. The van der Waals surface area contributed by atoms with Crippen molar-refractivity contribution in [2.45, 2.75) is 30.7 Å². The molecule has 0 atom stereocenters. The van der Waals surface area contributed by atoms with Crippen LogP contribution in [0.4, 0.5) is 5.69 Å². The number of nitrogens with two attached hydrogens (primary N) is 1. The molecule has 0 fully saturated rings. The van der Waals surface area contributed by atoms with E-state index in [0.29, 0.717) is 5.69 Å². The zero-order valence-electron chi connectivity index (χ0n) is 14.3. The molecule has 2 aromatic carbocycles. The first-order valence-corrected chi connectivity index (χ1v) is 10.2. The van der Waals surface area contributed by atoms with Crippen LogP contribution < -0.4 is 10.5 Å². The highest BCUT2D eigenvalue weighted by molar-refractivity contribution is 7.92. The Labute approximate surface area is 149 Å². The molecule has 0 saturated carbocycles. The van der Waals surface area contributed by atoms with Gasteiger partial charge >= 0.3 is 0 Å². The average Bonchev–Trinajstić information content (AvgIpc) is 2.62. The fourth-order valence-corrected chi connectivity index (χ4v) is 4.23. The summed E-state index contributed by atoms with van der Waals surface area (Å²) < 4.78 is 27.6. The lowest BCUT2D eigenvalue weighted by Crippen LogP contribution is -2.31. The van der Waals surface area contributed by atoms with E-state index in [2.05, 4.69) is 9.62 Å². The number of unbranched alkanes of at least 4 members (excludes halogenated alkanes) is 1. The zero-order valence-corrected chi connectivity index (χ0v) is 15.1. The van der Waals surface area contributed by atoms with E-state index < -0.39 is 10.0 Å². The zero-order chi connectivity index (χ0) is 17.7. The predicted octanol–water partition coefficient (Wildman–Crippen LogP) is 2.58. The van der Waals surface area contributed by atoms with Gasteiger partial charge in [0.25, 0.3) is 10.0 Å². The van der Waals surface area contributed by atoms with Crippen molar-refractivity contribution in [3.05, 3.63) is 59.7 Å². The molecule has 5 nitrogen and oxygen atoms in total. The maximum atomic E-state index is 12.5. The Morgan fingerprint density at radius 2 is 1.84 bits per heavy atom. The number of benzene rings is 2. The number of nitrogens with zero attached hydrogens (tertiary/aromatic N) is 1. The molecule has 0 saturated heterocycles. The van der Waals surface area contributed by atoms with Crippen molar-refractivity contribution >= 4 is 15.7 Å². The van der Waals surface area contributed by atoms with E-state index in [1.54, 1.807) is 30.3 Å². The minimum absolute atomic E-state index is 0.274. The number of nitrogens with one attached hydrogen (secondary N) is 1. The largest absolute Gasteiger partial charge is 0.330 e. The van der Waals surface area contributed by atoms with Crippen LogP contribution in [0.3, 0.4) is 0 Å². The molecule has 0 aromatic heterocycles. The highest BCUT2D eigenvalue weighted by atomic mass is 32.2. The predicted molar refractivity (Wildman–Crippen MR) is 101 cm³/mol. The molecule has 25 heavy (non-hydrogen) atoms.